The minimum Gasteiger partial charge on any atom is -0.493 e. The van der Waals surface area contributed by atoms with Gasteiger partial charge in [-0.05, 0) is 42.0 Å². The molecule has 0 unspecified atom stereocenters. The summed E-state index contributed by atoms with van der Waals surface area (Å²) in [5.74, 6) is 0.699. The molecule has 0 aliphatic rings. The third-order valence-corrected chi connectivity index (χ3v) is 4.78. The normalized spacial score (nSPS) is 11.3. The molecule has 9 heteroatoms. The van der Waals surface area contributed by atoms with Gasteiger partial charge < -0.3 is 19.7 Å². The molecule has 0 bridgehead atoms. The molecule has 28 heavy (non-hydrogen) atoms. The van der Waals surface area contributed by atoms with Crippen LogP contribution < -0.4 is 24.8 Å². The molecule has 8 nitrogen and oxygen atoms in total. The number of anilines is 2. The van der Waals surface area contributed by atoms with Crippen LogP contribution in [0.5, 0.6) is 11.5 Å². The van der Waals surface area contributed by atoms with Crippen LogP contribution in [0.4, 0.5) is 11.4 Å². The molecule has 0 heterocycles. The molecule has 1 amide bonds. The Labute approximate surface area is 164 Å². The highest BCUT2D eigenvalue weighted by Gasteiger charge is 2.14. The van der Waals surface area contributed by atoms with Crippen molar-refractivity contribution in [3.8, 4) is 11.5 Å². The molecular weight excluding hydrogens is 382 g/mol. The van der Waals surface area contributed by atoms with Crippen molar-refractivity contribution in [2.75, 3.05) is 38.5 Å². The summed E-state index contributed by atoms with van der Waals surface area (Å²) in [6.07, 6.45) is 2.94. The Balaban J connectivity index is 2.26. The molecule has 0 aliphatic carbocycles. The standard InChI is InChI=1S/C19H23N3O5S/c1-22(2)16-8-7-14(28(20,24)25)12-15(16)21-19(23)10-6-13-5-9-17(26-3)18(11-13)27-4/h5-12H,1-4H3,(H,21,23)(H2,20,24,25)/b10-6+. The lowest BCUT2D eigenvalue weighted by Gasteiger charge is -2.18. The molecule has 0 saturated carbocycles. The number of methoxy groups -OCH3 is 2. The van der Waals surface area contributed by atoms with Crippen LogP contribution in [0.2, 0.25) is 0 Å². The number of benzene rings is 2. The van der Waals surface area contributed by atoms with Crippen LogP contribution >= 0.6 is 0 Å². The maximum atomic E-state index is 12.3. The van der Waals surface area contributed by atoms with Crippen LogP contribution in [0.25, 0.3) is 6.08 Å². The number of hydrogen-bond acceptors (Lipinski definition) is 6. The smallest absolute Gasteiger partial charge is 0.248 e. The van der Waals surface area contributed by atoms with Gasteiger partial charge in [0.1, 0.15) is 0 Å². The Bertz CT molecular complexity index is 1000. The lowest BCUT2D eigenvalue weighted by molar-refractivity contribution is -0.111. The van der Waals surface area contributed by atoms with Gasteiger partial charge in [0.2, 0.25) is 15.9 Å². The van der Waals surface area contributed by atoms with E-state index in [1.165, 1.54) is 25.3 Å². The van der Waals surface area contributed by atoms with Crippen molar-refractivity contribution < 1.29 is 22.7 Å². The van der Waals surface area contributed by atoms with E-state index in [0.717, 1.165) is 5.56 Å². The first-order valence-electron chi connectivity index (χ1n) is 8.21. The van der Waals surface area contributed by atoms with Crippen LogP contribution in [0.3, 0.4) is 0 Å². The monoisotopic (exact) mass is 405 g/mol. The number of sulfonamides is 1. The van der Waals surface area contributed by atoms with E-state index in [9.17, 15) is 13.2 Å². The predicted molar refractivity (Wildman–Crippen MR) is 109 cm³/mol. The van der Waals surface area contributed by atoms with E-state index in [1.807, 2.05) is 0 Å². The quantitative estimate of drug-likeness (QED) is 0.682. The number of rotatable bonds is 7. The summed E-state index contributed by atoms with van der Waals surface area (Å²) in [4.78, 5) is 14.0. The number of carbonyl (C=O) groups is 1. The molecule has 0 spiro atoms. The number of nitrogens with one attached hydrogen (secondary N) is 1. The summed E-state index contributed by atoms with van der Waals surface area (Å²) in [6, 6.07) is 9.53. The third kappa shape index (κ3) is 5.24. The van der Waals surface area contributed by atoms with E-state index in [2.05, 4.69) is 5.32 Å². The van der Waals surface area contributed by atoms with Crippen molar-refractivity contribution in [1.29, 1.82) is 0 Å². The molecule has 0 saturated heterocycles. The first-order valence-corrected chi connectivity index (χ1v) is 9.75. The average molecular weight is 405 g/mol. The van der Waals surface area contributed by atoms with Crippen LogP contribution in [0.15, 0.2) is 47.4 Å². The van der Waals surface area contributed by atoms with E-state index in [1.54, 1.807) is 56.4 Å². The molecule has 0 fully saturated rings. The van der Waals surface area contributed by atoms with Crippen molar-refractivity contribution in [3.63, 3.8) is 0 Å². The summed E-state index contributed by atoms with van der Waals surface area (Å²) >= 11 is 0. The van der Waals surface area contributed by atoms with Crippen molar-refractivity contribution >= 4 is 33.4 Å². The Morgan fingerprint density at radius 2 is 1.75 bits per heavy atom. The van der Waals surface area contributed by atoms with Crippen LogP contribution in [-0.2, 0) is 14.8 Å². The first kappa shape index (κ1) is 21.3. The molecule has 0 atom stereocenters. The van der Waals surface area contributed by atoms with Gasteiger partial charge in [0.25, 0.3) is 0 Å². The second-order valence-corrected chi connectivity index (χ2v) is 7.62. The van der Waals surface area contributed by atoms with Crippen LogP contribution in [0, 0.1) is 0 Å². The van der Waals surface area contributed by atoms with Crippen molar-refractivity contribution in [2.24, 2.45) is 5.14 Å². The zero-order chi connectivity index (χ0) is 20.9. The van der Waals surface area contributed by atoms with Crippen molar-refractivity contribution in [1.82, 2.24) is 0 Å². The molecule has 0 aromatic heterocycles. The number of nitrogens with zero attached hydrogens (tertiary/aromatic N) is 1. The van der Waals surface area contributed by atoms with Gasteiger partial charge in [0.15, 0.2) is 11.5 Å². The fourth-order valence-corrected chi connectivity index (χ4v) is 3.02. The lowest BCUT2D eigenvalue weighted by atomic mass is 10.2. The minimum absolute atomic E-state index is 0.0859. The van der Waals surface area contributed by atoms with Gasteiger partial charge in [0, 0.05) is 20.2 Å². The zero-order valence-electron chi connectivity index (χ0n) is 16.1. The van der Waals surface area contributed by atoms with Gasteiger partial charge in [-0.3, -0.25) is 4.79 Å². The van der Waals surface area contributed by atoms with Gasteiger partial charge in [-0.1, -0.05) is 6.07 Å². The molecule has 2 aromatic carbocycles. The van der Waals surface area contributed by atoms with Crippen molar-refractivity contribution in [2.45, 2.75) is 4.90 Å². The van der Waals surface area contributed by atoms with E-state index < -0.39 is 15.9 Å². The first-order chi connectivity index (χ1) is 13.2. The number of amides is 1. The number of primary sulfonamides is 1. The largest absolute Gasteiger partial charge is 0.493 e. The van der Waals surface area contributed by atoms with E-state index in [4.69, 9.17) is 14.6 Å². The highest BCUT2D eigenvalue weighted by molar-refractivity contribution is 7.89. The molecule has 0 aliphatic heterocycles. The summed E-state index contributed by atoms with van der Waals surface area (Å²) < 4.78 is 33.6. The molecule has 0 radical (unpaired) electrons. The zero-order valence-corrected chi connectivity index (χ0v) is 16.9. The Morgan fingerprint density at radius 1 is 1.07 bits per heavy atom. The minimum atomic E-state index is -3.89. The topological polar surface area (TPSA) is 111 Å². The predicted octanol–water partition coefficient (Wildman–Crippen LogP) is 2.07. The van der Waals surface area contributed by atoms with E-state index in [-0.39, 0.29) is 4.90 Å². The number of ether oxygens (including phenoxy) is 2. The van der Waals surface area contributed by atoms with Crippen molar-refractivity contribution in [3.05, 3.63) is 48.0 Å². The lowest BCUT2D eigenvalue weighted by Crippen LogP contribution is -2.17. The molecule has 2 rings (SSSR count). The fraction of sp³-hybridized carbons (Fsp3) is 0.211. The molecule has 150 valence electrons. The molecule has 2 aromatic rings. The SMILES string of the molecule is COc1ccc(/C=C/C(=O)Nc2cc(S(N)(=O)=O)ccc2N(C)C)cc1OC. The second-order valence-electron chi connectivity index (χ2n) is 6.06. The van der Waals surface area contributed by atoms with Gasteiger partial charge >= 0.3 is 0 Å². The third-order valence-electron chi connectivity index (χ3n) is 3.87. The number of hydrogen-bond donors (Lipinski definition) is 2. The Morgan fingerprint density at radius 3 is 2.32 bits per heavy atom. The summed E-state index contributed by atoms with van der Waals surface area (Å²) in [5.41, 5.74) is 1.71. The Hall–Kier alpha value is -3.04. The fourth-order valence-electron chi connectivity index (χ4n) is 2.49. The molecular formula is C19H23N3O5S. The second kappa shape index (κ2) is 8.77. The van der Waals surface area contributed by atoms with Crippen LogP contribution in [0.1, 0.15) is 5.56 Å². The Kier molecular flexibility index (Phi) is 6.66. The van der Waals surface area contributed by atoms with Gasteiger partial charge in [-0.2, -0.15) is 0 Å². The van der Waals surface area contributed by atoms with E-state index >= 15 is 0 Å². The summed E-state index contributed by atoms with van der Waals surface area (Å²) in [6.45, 7) is 0. The van der Waals surface area contributed by atoms with Gasteiger partial charge in [-0.15, -0.1) is 0 Å². The highest BCUT2D eigenvalue weighted by Crippen LogP contribution is 2.29. The summed E-state index contributed by atoms with van der Waals surface area (Å²) in [5, 5.41) is 7.86. The number of carbonyl (C=O) groups excluding carboxylic acids is 1. The molecule has 3 N–H and O–H groups in total. The summed E-state index contributed by atoms with van der Waals surface area (Å²) in [7, 11) is 2.74. The van der Waals surface area contributed by atoms with Gasteiger partial charge in [-0.25, -0.2) is 13.6 Å². The maximum Gasteiger partial charge on any atom is 0.248 e. The van der Waals surface area contributed by atoms with E-state index in [0.29, 0.717) is 22.9 Å². The average Bonchev–Trinajstić information content (AvgIpc) is 2.65. The highest BCUT2D eigenvalue weighted by atomic mass is 32.2. The number of nitrogens with two attached hydrogens (primary N) is 1. The maximum absolute atomic E-state index is 12.3. The van der Waals surface area contributed by atoms with Crippen LogP contribution in [-0.4, -0.2) is 42.6 Å². The van der Waals surface area contributed by atoms with Gasteiger partial charge in [0.05, 0.1) is 30.5 Å².